The summed E-state index contributed by atoms with van der Waals surface area (Å²) in [6, 6.07) is -13.3. The lowest BCUT2D eigenvalue weighted by atomic mass is 10.00. The number of thiol groups is 1. The lowest BCUT2D eigenvalue weighted by Gasteiger charge is -2.29. The quantitative estimate of drug-likeness (QED) is 0.0271. The van der Waals surface area contributed by atoms with Gasteiger partial charge in [0.05, 0.1) is 45.1 Å². The van der Waals surface area contributed by atoms with Crippen molar-refractivity contribution in [1.29, 1.82) is 0 Å². The largest absolute Gasteiger partial charge is 0.481 e. The summed E-state index contributed by atoms with van der Waals surface area (Å²) in [7, 11) is 0. The van der Waals surface area contributed by atoms with Crippen LogP contribution in [0.15, 0.2) is 0 Å². The first-order chi connectivity index (χ1) is 35.4. The third-order valence-corrected chi connectivity index (χ3v) is 11.4. The predicted molar refractivity (Wildman–Crippen MR) is 261 cm³/mol. The van der Waals surface area contributed by atoms with Crippen LogP contribution in [0.5, 0.6) is 0 Å². The van der Waals surface area contributed by atoms with E-state index in [0.717, 1.165) is 0 Å². The van der Waals surface area contributed by atoms with E-state index in [-0.39, 0.29) is 13.0 Å². The number of nitrogens with zero attached hydrogens (tertiary/aromatic N) is 1. The Morgan fingerprint density at radius 1 is 0.553 bits per heavy atom. The van der Waals surface area contributed by atoms with Crippen LogP contribution in [0.3, 0.4) is 0 Å². The molecule has 17 N–H and O–H groups in total. The number of carboxylic acid groups (broad SMARTS) is 4. The molecule has 1 fully saturated rings. The van der Waals surface area contributed by atoms with Gasteiger partial charge in [0.1, 0.15) is 48.3 Å². The molecule has 0 aliphatic carbocycles. The fourth-order valence-electron chi connectivity index (χ4n) is 6.86. The molecule has 32 nitrogen and oxygen atoms in total. The maximum absolute atomic E-state index is 13.3. The van der Waals surface area contributed by atoms with Crippen LogP contribution in [-0.2, 0) is 71.9 Å². The van der Waals surface area contributed by atoms with E-state index in [2.05, 4.69) is 55.2 Å². The second kappa shape index (κ2) is 32.6. The number of hydrogen-bond acceptors (Lipinski definition) is 18. The standard InChI is InChI=1S/C43H68N12O20S/c1-18(2)33(42(73)54-34(19(3)4)43(74)75)53-41(72)26-7-6-10-55(26)29(59)15-45-27(57)13-46-38(69)24(16-56)51-39(70)23(12-32(64)65)49-28(58)14-47-37(68)22(8-9-30(60)61)50-40(71)25(17-76)52-35(66)20(5)48-36(67)21(44)11-31(62)63/h18-26,33-34,56,76H,6-17,44H2,1-5H3,(H,45,57)(H,46,69)(H,47,68)(H,48,67)(H,49,58)(H,50,71)(H,51,70)(H,52,66)(H,53,72)(H,54,73)(H,60,61)(H,62,63)(H,64,65)(H,74,75)/t20-,21-,22-,23-,24-,25-,26-,33-,34-/m0/s1. The number of aliphatic hydroxyl groups is 1. The summed E-state index contributed by atoms with van der Waals surface area (Å²) < 4.78 is 0. The third kappa shape index (κ3) is 23.3. The zero-order chi connectivity index (χ0) is 58.1. The first kappa shape index (κ1) is 66.3. The van der Waals surface area contributed by atoms with Crippen LogP contribution < -0.4 is 58.9 Å². The molecule has 1 heterocycles. The average Bonchev–Trinajstić information content (AvgIpc) is 3.84. The highest BCUT2D eigenvalue weighted by Gasteiger charge is 2.38. The number of aliphatic carboxylic acids is 4. The van der Waals surface area contributed by atoms with Gasteiger partial charge in [0.25, 0.3) is 0 Å². The highest BCUT2D eigenvalue weighted by molar-refractivity contribution is 7.80. The van der Waals surface area contributed by atoms with Crippen molar-refractivity contribution >= 4 is 101 Å². The van der Waals surface area contributed by atoms with Gasteiger partial charge in [-0.2, -0.15) is 12.6 Å². The molecule has 0 radical (unpaired) electrons. The smallest absolute Gasteiger partial charge is 0.326 e. The van der Waals surface area contributed by atoms with Crippen molar-refractivity contribution in [2.24, 2.45) is 17.6 Å². The van der Waals surface area contributed by atoms with Gasteiger partial charge >= 0.3 is 23.9 Å². The Kier molecular flexibility index (Phi) is 28.4. The summed E-state index contributed by atoms with van der Waals surface area (Å²) in [6.07, 6.45) is -2.58. The number of hydrogen-bond donors (Lipinski definition) is 17. The number of carbonyl (C=O) groups is 15. The zero-order valence-corrected chi connectivity index (χ0v) is 43.1. The van der Waals surface area contributed by atoms with Crippen LogP contribution in [0.1, 0.15) is 73.1 Å². The molecule has 1 saturated heterocycles. The fraction of sp³-hybridized carbons (Fsp3) is 0.651. The number of rotatable bonds is 33. The Labute approximate surface area is 439 Å². The number of carbonyl (C=O) groups excluding carboxylic acids is 11. The molecule has 1 rings (SSSR count). The van der Waals surface area contributed by atoms with E-state index in [1.807, 2.05) is 10.6 Å². The Bertz CT molecular complexity index is 2180. The third-order valence-electron chi connectivity index (χ3n) is 11.1. The second-order valence-electron chi connectivity index (χ2n) is 17.9. The monoisotopic (exact) mass is 1100 g/mol. The second-order valence-corrected chi connectivity index (χ2v) is 18.3. The molecule has 76 heavy (non-hydrogen) atoms. The van der Waals surface area contributed by atoms with E-state index in [9.17, 15) is 92.3 Å². The van der Waals surface area contributed by atoms with Crippen LogP contribution in [-0.4, -0.2) is 212 Å². The Morgan fingerprint density at radius 2 is 1.09 bits per heavy atom. The van der Waals surface area contributed by atoms with Gasteiger partial charge in [-0.3, -0.25) is 67.1 Å². The molecule has 0 aromatic heterocycles. The van der Waals surface area contributed by atoms with E-state index in [1.54, 1.807) is 27.7 Å². The highest BCUT2D eigenvalue weighted by Crippen LogP contribution is 2.18. The van der Waals surface area contributed by atoms with Crippen molar-refractivity contribution in [3.63, 3.8) is 0 Å². The van der Waals surface area contributed by atoms with Crippen LogP contribution in [0.25, 0.3) is 0 Å². The van der Waals surface area contributed by atoms with Crippen LogP contribution >= 0.6 is 12.6 Å². The topological polar surface area (TPSA) is 507 Å². The van der Waals surface area contributed by atoms with E-state index >= 15 is 0 Å². The lowest BCUT2D eigenvalue weighted by molar-refractivity contribution is -0.144. The molecule has 426 valence electrons. The van der Waals surface area contributed by atoms with E-state index in [0.29, 0.717) is 6.42 Å². The highest BCUT2D eigenvalue weighted by atomic mass is 32.1. The van der Waals surface area contributed by atoms with Gasteiger partial charge in [-0.05, 0) is 38.0 Å². The fourth-order valence-corrected chi connectivity index (χ4v) is 7.12. The minimum absolute atomic E-state index is 0.104. The molecule has 0 spiro atoms. The summed E-state index contributed by atoms with van der Waals surface area (Å²) in [5.74, 6) is -18.2. The van der Waals surface area contributed by atoms with Gasteiger partial charge in [0.15, 0.2) is 0 Å². The molecule has 0 aromatic rings. The molecule has 0 bridgehead atoms. The van der Waals surface area contributed by atoms with Gasteiger partial charge in [-0.1, -0.05) is 27.7 Å². The molecular weight excluding hydrogens is 1040 g/mol. The molecule has 1 aliphatic rings. The first-order valence-electron chi connectivity index (χ1n) is 23.5. The van der Waals surface area contributed by atoms with E-state index in [4.69, 9.17) is 10.8 Å². The molecule has 0 saturated carbocycles. The number of nitrogens with two attached hydrogens (primary N) is 1. The molecule has 9 atom stereocenters. The van der Waals surface area contributed by atoms with Crippen LogP contribution in [0.4, 0.5) is 0 Å². The van der Waals surface area contributed by atoms with Crippen molar-refractivity contribution < 1.29 is 97.5 Å². The van der Waals surface area contributed by atoms with Crippen LogP contribution in [0.2, 0.25) is 0 Å². The van der Waals surface area contributed by atoms with Gasteiger partial charge in [0.2, 0.25) is 65.0 Å². The van der Waals surface area contributed by atoms with Gasteiger partial charge in [0, 0.05) is 18.7 Å². The van der Waals surface area contributed by atoms with Gasteiger partial charge in [-0.25, -0.2) is 4.79 Å². The maximum atomic E-state index is 13.3. The van der Waals surface area contributed by atoms with Gasteiger partial charge < -0.3 is 89.3 Å². The van der Waals surface area contributed by atoms with Crippen molar-refractivity contribution in [2.75, 3.05) is 38.5 Å². The number of nitrogens with one attached hydrogen (secondary N) is 10. The normalized spacial score (nSPS) is 16.1. The molecule has 33 heteroatoms. The summed E-state index contributed by atoms with van der Waals surface area (Å²) in [5, 5.41) is 68.8. The minimum Gasteiger partial charge on any atom is -0.481 e. The molecule has 1 aliphatic heterocycles. The Morgan fingerprint density at radius 3 is 1.62 bits per heavy atom. The minimum atomic E-state index is -1.97. The maximum Gasteiger partial charge on any atom is 0.326 e. The number of likely N-dealkylation sites (tertiary alicyclic amines) is 1. The SMILES string of the molecule is CC(C)[C@H](NC(=O)[C@@H](NC(=O)[C@@H]1CCCN1C(=O)CNC(=O)CNC(=O)[C@H](CO)NC(=O)[C@H](CC(=O)O)NC(=O)CNC(=O)[C@H](CCC(=O)O)NC(=O)[C@H](CS)NC(=O)[C@H](C)NC(=O)[C@@H](N)CC(=O)O)C(C)C)C(=O)O. The summed E-state index contributed by atoms with van der Waals surface area (Å²) >= 11 is 3.99. The molecule has 11 amide bonds. The van der Waals surface area contributed by atoms with Crippen molar-refractivity contribution in [2.45, 2.75) is 128 Å². The first-order valence-corrected chi connectivity index (χ1v) is 24.2. The van der Waals surface area contributed by atoms with E-state index in [1.165, 1.54) is 11.8 Å². The predicted octanol–water partition coefficient (Wildman–Crippen LogP) is -7.80. The Balaban J connectivity index is 2.88. The molecular formula is C43H68N12O20S. The molecule has 0 aromatic carbocycles. The molecule has 0 unspecified atom stereocenters. The van der Waals surface area contributed by atoms with Crippen molar-refractivity contribution in [3.8, 4) is 0 Å². The number of amides is 11. The van der Waals surface area contributed by atoms with Crippen molar-refractivity contribution in [1.82, 2.24) is 58.1 Å². The summed E-state index contributed by atoms with van der Waals surface area (Å²) in [5.41, 5.74) is 5.48. The van der Waals surface area contributed by atoms with Crippen molar-refractivity contribution in [3.05, 3.63) is 0 Å². The summed E-state index contributed by atoms with van der Waals surface area (Å²) in [6.45, 7) is 4.08. The van der Waals surface area contributed by atoms with Gasteiger partial charge in [-0.15, -0.1) is 0 Å². The number of aliphatic hydroxyl groups excluding tert-OH is 1. The lowest BCUT2D eigenvalue weighted by Crippen LogP contribution is -2.58. The summed E-state index contributed by atoms with van der Waals surface area (Å²) in [4.78, 5) is 189. The number of carboxylic acids is 4. The zero-order valence-electron chi connectivity index (χ0n) is 42.2. The Hall–Kier alpha value is -7.68. The van der Waals surface area contributed by atoms with E-state index < -0.39 is 213 Å². The average molecular weight is 1110 g/mol. The van der Waals surface area contributed by atoms with Crippen LogP contribution in [0, 0.1) is 11.8 Å².